The van der Waals surface area contributed by atoms with Crippen LogP contribution in [-0.4, -0.2) is 36.2 Å². The van der Waals surface area contributed by atoms with Crippen molar-refractivity contribution in [3.8, 4) is 0 Å². The number of hydrogen-bond acceptors (Lipinski definition) is 3. The Morgan fingerprint density at radius 3 is 2.85 bits per heavy atom. The van der Waals surface area contributed by atoms with Gasteiger partial charge in [0.05, 0.1) is 6.10 Å². The zero-order valence-electron chi connectivity index (χ0n) is 8.05. The molecule has 1 aliphatic rings. The number of nitrogens with one attached hydrogen (secondary N) is 2. The van der Waals surface area contributed by atoms with Gasteiger partial charge in [-0.1, -0.05) is 0 Å². The molecule has 1 fully saturated rings. The smallest absolute Gasteiger partial charge is 0.221 e. The van der Waals surface area contributed by atoms with Gasteiger partial charge in [-0.05, 0) is 19.8 Å². The summed E-state index contributed by atoms with van der Waals surface area (Å²) in [6.07, 6.45) is 2.43. The van der Waals surface area contributed by atoms with Gasteiger partial charge in [0.2, 0.25) is 5.91 Å². The zero-order chi connectivity index (χ0) is 9.68. The molecule has 0 aromatic carbocycles. The van der Waals surface area contributed by atoms with Crippen LogP contribution in [0.2, 0.25) is 0 Å². The predicted octanol–water partition coefficient (Wildman–Crippen LogP) is -0.374. The topological polar surface area (TPSA) is 61.4 Å². The van der Waals surface area contributed by atoms with Crippen LogP contribution in [0.15, 0.2) is 0 Å². The first-order valence-corrected chi connectivity index (χ1v) is 4.86. The molecule has 1 saturated carbocycles. The van der Waals surface area contributed by atoms with Gasteiger partial charge in [-0.25, -0.2) is 0 Å². The maximum Gasteiger partial charge on any atom is 0.221 e. The molecule has 0 heterocycles. The molecular weight excluding hydrogens is 168 g/mol. The number of rotatable bonds is 6. The van der Waals surface area contributed by atoms with Crippen LogP contribution in [0.3, 0.4) is 0 Å². The predicted molar refractivity (Wildman–Crippen MR) is 50.3 cm³/mol. The molecule has 0 saturated heterocycles. The normalized spacial score (nSPS) is 18.3. The van der Waals surface area contributed by atoms with Gasteiger partial charge in [-0.2, -0.15) is 0 Å². The lowest BCUT2D eigenvalue weighted by Crippen LogP contribution is -2.31. The summed E-state index contributed by atoms with van der Waals surface area (Å²) in [5.74, 6) is 0.112. The summed E-state index contributed by atoms with van der Waals surface area (Å²) in [7, 11) is 0. The second kappa shape index (κ2) is 5.19. The van der Waals surface area contributed by atoms with Gasteiger partial charge in [0, 0.05) is 25.6 Å². The maximum atomic E-state index is 11.1. The first-order chi connectivity index (χ1) is 6.18. The van der Waals surface area contributed by atoms with E-state index in [1.165, 1.54) is 0 Å². The van der Waals surface area contributed by atoms with Gasteiger partial charge >= 0.3 is 0 Å². The summed E-state index contributed by atoms with van der Waals surface area (Å²) >= 11 is 0. The fourth-order valence-electron chi connectivity index (χ4n) is 1.04. The molecule has 3 N–H and O–H groups in total. The molecule has 4 heteroatoms. The molecule has 1 aliphatic carbocycles. The van der Waals surface area contributed by atoms with E-state index in [4.69, 9.17) is 5.11 Å². The zero-order valence-corrected chi connectivity index (χ0v) is 8.05. The van der Waals surface area contributed by atoms with E-state index in [9.17, 15) is 4.79 Å². The summed E-state index contributed by atoms with van der Waals surface area (Å²) in [6.45, 7) is 2.91. The van der Waals surface area contributed by atoms with Crippen LogP contribution in [0.5, 0.6) is 0 Å². The number of hydrogen-bond donors (Lipinski definition) is 3. The third-order valence-corrected chi connectivity index (χ3v) is 1.91. The highest BCUT2D eigenvalue weighted by Gasteiger charge is 2.22. The highest BCUT2D eigenvalue weighted by atomic mass is 16.3. The molecule has 0 aromatic rings. The van der Waals surface area contributed by atoms with Gasteiger partial charge in [-0.15, -0.1) is 0 Å². The van der Waals surface area contributed by atoms with Crippen molar-refractivity contribution < 1.29 is 9.90 Å². The van der Waals surface area contributed by atoms with Crippen molar-refractivity contribution in [2.24, 2.45) is 0 Å². The van der Waals surface area contributed by atoms with Crippen LogP contribution in [-0.2, 0) is 4.79 Å². The molecule has 0 spiro atoms. The minimum atomic E-state index is -0.341. The molecule has 0 aliphatic heterocycles. The quantitative estimate of drug-likeness (QED) is 0.496. The second-order valence-electron chi connectivity index (χ2n) is 3.64. The number of aliphatic hydroxyl groups excluding tert-OH is 1. The maximum absolute atomic E-state index is 11.1. The SMILES string of the molecule is C[C@H](O)CNCCC(=O)NC1CC1. The molecule has 4 nitrogen and oxygen atoms in total. The van der Waals surface area contributed by atoms with Crippen molar-refractivity contribution in [3.05, 3.63) is 0 Å². The molecule has 0 bridgehead atoms. The van der Waals surface area contributed by atoms with E-state index in [1.807, 2.05) is 0 Å². The largest absolute Gasteiger partial charge is 0.392 e. The minimum Gasteiger partial charge on any atom is -0.392 e. The molecule has 76 valence electrons. The fraction of sp³-hybridized carbons (Fsp3) is 0.889. The highest BCUT2D eigenvalue weighted by Crippen LogP contribution is 2.18. The van der Waals surface area contributed by atoms with Crippen molar-refractivity contribution in [2.45, 2.75) is 38.3 Å². The van der Waals surface area contributed by atoms with E-state index in [-0.39, 0.29) is 12.0 Å². The molecule has 0 aromatic heterocycles. The molecule has 1 rings (SSSR count). The van der Waals surface area contributed by atoms with Crippen LogP contribution in [0.1, 0.15) is 26.2 Å². The van der Waals surface area contributed by atoms with Crippen LogP contribution in [0.4, 0.5) is 0 Å². The summed E-state index contributed by atoms with van der Waals surface area (Å²) in [6, 6.07) is 0.448. The molecule has 0 unspecified atom stereocenters. The monoisotopic (exact) mass is 186 g/mol. The summed E-state index contributed by atoms with van der Waals surface area (Å²) < 4.78 is 0. The Bertz CT molecular complexity index is 167. The first kappa shape index (κ1) is 10.5. The Kier molecular flexibility index (Phi) is 4.18. The van der Waals surface area contributed by atoms with E-state index < -0.39 is 0 Å². The van der Waals surface area contributed by atoms with Crippen LogP contribution >= 0.6 is 0 Å². The van der Waals surface area contributed by atoms with Crippen molar-refractivity contribution in [1.82, 2.24) is 10.6 Å². The summed E-state index contributed by atoms with van der Waals surface area (Å²) in [5.41, 5.74) is 0. The van der Waals surface area contributed by atoms with Crippen molar-refractivity contribution >= 4 is 5.91 Å². The Morgan fingerprint density at radius 1 is 1.62 bits per heavy atom. The summed E-state index contributed by atoms with van der Waals surface area (Å²) in [5, 5.41) is 14.8. The molecule has 1 atom stereocenters. The molecular formula is C9H18N2O2. The Balaban J connectivity index is 1.89. The second-order valence-corrected chi connectivity index (χ2v) is 3.64. The third kappa shape index (κ3) is 5.60. The van der Waals surface area contributed by atoms with Crippen molar-refractivity contribution in [3.63, 3.8) is 0 Å². The molecule has 1 amide bonds. The standard InChI is InChI=1S/C9H18N2O2/c1-7(12)6-10-5-4-9(13)11-8-2-3-8/h7-8,10,12H,2-6H2,1H3,(H,11,13)/t7-/m0/s1. The number of aliphatic hydroxyl groups is 1. The van der Waals surface area contributed by atoms with Gasteiger partial charge < -0.3 is 15.7 Å². The summed E-state index contributed by atoms with van der Waals surface area (Å²) in [4.78, 5) is 11.1. The van der Waals surface area contributed by atoms with Gasteiger partial charge in [-0.3, -0.25) is 4.79 Å². The van der Waals surface area contributed by atoms with Gasteiger partial charge in [0.1, 0.15) is 0 Å². The number of amides is 1. The van der Waals surface area contributed by atoms with Gasteiger partial charge in [0.15, 0.2) is 0 Å². The number of carbonyl (C=O) groups excluding carboxylic acids is 1. The van der Waals surface area contributed by atoms with Crippen molar-refractivity contribution in [1.29, 1.82) is 0 Å². The lowest BCUT2D eigenvalue weighted by atomic mass is 10.3. The Hall–Kier alpha value is -0.610. The highest BCUT2D eigenvalue weighted by molar-refractivity contribution is 5.76. The molecule has 13 heavy (non-hydrogen) atoms. The van der Waals surface area contributed by atoms with E-state index in [0.29, 0.717) is 25.6 Å². The third-order valence-electron chi connectivity index (χ3n) is 1.91. The fourth-order valence-corrected chi connectivity index (χ4v) is 1.04. The number of carbonyl (C=O) groups is 1. The van der Waals surface area contributed by atoms with E-state index >= 15 is 0 Å². The van der Waals surface area contributed by atoms with Crippen molar-refractivity contribution in [2.75, 3.05) is 13.1 Å². The first-order valence-electron chi connectivity index (χ1n) is 4.86. The average Bonchev–Trinajstić information content (AvgIpc) is 2.81. The van der Waals surface area contributed by atoms with Crippen LogP contribution in [0.25, 0.3) is 0 Å². The lowest BCUT2D eigenvalue weighted by molar-refractivity contribution is -0.121. The minimum absolute atomic E-state index is 0.112. The van der Waals surface area contributed by atoms with E-state index in [1.54, 1.807) is 6.92 Å². The van der Waals surface area contributed by atoms with Crippen LogP contribution < -0.4 is 10.6 Å². The average molecular weight is 186 g/mol. The molecule has 0 radical (unpaired) electrons. The Labute approximate surface area is 78.7 Å². The van der Waals surface area contributed by atoms with Gasteiger partial charge in [0.25, 0.3) is 0 Å². The Morgan fingerprint density at radius 2 is 2.31 bits per heavy atom. The van der Waals surface area contributed by atoms with E-state index in [0.717, 1.165) is 12.8 Å². The lowest BCUT2D eigenvalue weighted by Gasteiger charge is -2.06. The van der Waals surface area contributed by atoms with E-state index in [2.05, 4.69) is 10.6 Å². The van der Waals surface area contributed by atoms with Crippen LogP contribution in [0, 0.1) is 0 Å².